The molecule has 37 heavy (non-hydrogen) atoms. The number of hydrogen-bond acceptors (Lipinski definition) is 6. The van der Waals surface area contributed by atoms with Gasteiger partial charge in [0.2, 0.25) is 5.78 Å². The molecule has 2 atom stereocenters. The van der Waals surface area contributed by atoms with Crippen LogP contribution in [0.1, 0.15) is 67.6 Å². The second-order valence-electron chi connectivity index (χ2n) is 10.6. The Bertz CT molecular complexity index is 1010. The molecule has 0 radical (unpaired) electrons. The lowest BCUT2D eigenvalue weighted by Crippen LogP contribution is -2.45. The molecule has 2 aliphatic heterocycles. The van der Waals surface area contributed by atoms with Crippen molar-refractivity contribution in [1.29, 1.82) is 0 Å². The molecule has 0 aliphatic carbocycles. The number of carbonyl (C=O) groups excluding carboxylic acids is 1. The molecular formula is C31H43N3OS2. The molecule has 0 spiro atoms. The molecule has 4 rings (SSSR count). The van der Waals surface area contributed by atoms with Crippen molar-refractivity contribution in [2.75, 3.05) is 19.6 Å². The quantitative estimate of drug-likeness (QED) is 0.188. The number of dihydropyridines is 1. The summed E-state index contributed by atoms with van der Waals surface area (Å²) in [5.41, 5.74) is 2.13. The molecule has 4 nitrogen and oxygen atoms in total. The Kier molecular flexibility index (Phi) is 10.9. The molecule has 1 aromatic carbocycles. The third-order valence-corrected chi connectivity index (χ3v) is 10.2. The van der Waals surface area contributed by atoms with Crippen molar-refractivity contribution >= 4 is 28.9 Å². The third-order valence-electron chi connectivity index (χ3n) is 7.47. The Labute approximate surface area is 231 Å². The summed E-state index contributed by atoms with van der Waals surface area (Å²) >= 11 is 3.54. The van der Waals surface area contributed by atoms with E-state index in [4.69, 9.17) is 0 Å². The smallest absolute Gasteiger partial charge is 0.204 e. The van der Waals surface area contributed by atoms with Crippen LogP contribution in [0, 0.1) is 5.92 Å². The van der Waals surface area contributed by atoms with Gasteiger partial charge < -0.3 is 16.0 Å². The van der Waals surface area contributed by atoms with Gasteiger partial charge in [-0.2, -0.15) is 0 Å². The summed E-state index contributed by atoms with van der Waals surface area (Å²) in [5.74, 6) is 0.482. The number of benzene rings is 1. The molecule has 0 saturated carbocycles. The molecule has 2 unspecified atom stereocenters. The SMILES string of the molecule is CC(C)C1(SC(CCCCCNC2CCNCC2)Cc2ccccc2)C=CC(C(=O)c2cccs2)=CN1. The highest BCUT2D eigenvalue weighted by Crippen LogP contribution is 2.40. The van der Waals surface area contributed by atoms with Crippen LogP contribution in [0.4, 0.5) is 0 Å². The second kappa shape index (κ2) is 14.3. The van der Waals surface area contributed by atoms with Gasteiger partial charge in [-0.05, 0) is 80.7 Å². The van der Waals surface area contributed by atoms with Gasteiger partial charge in [0, 0.05) is 23.1 Å². The molecule has 2 aliphatic rings. The third kappa shape index (κ3) is 8.31. The van der Waals surface area contributed by atoms with E-state index in [-0.39, 0.29) is 10.7 Å². The van der Waals surface area contributed by atoms with Gasteiger partial charge in [0.25, 0.3) is 0 Å². The van der Waals surface area contributed by atoms with Crippen molar-refractivity contribution in [3.05, 3.63) is 82.2 Å². The van der Waals surface area contributed by atoms with Crippen LogP contribution in [0.15, 0.2) is 71.8 Å². The number of rotatable bonds is 14. The number of unbranched alkanes of at least 4 members (excludes halogenated alkanes) is 2. The van der Waals surface area contributed by atoms with Crippen LogP contribution in [0.25, 0.3) is 0 Å². The average Bonchev–Trinajstić information content (AvgIpc) is 3.47. The fraction of sp³-hybridized carbons (Fsp3) is 0.516. The minimum absolute atomic E-state index is 0.0973. The topological polar surface area (TPSA) is 53.2 Å². The maximum atomic E-state index is 12.9. The highest BCUT2D eigenvalue weighted by atomic mass is 32.2. The highest BCUT2D eigenvalue weighted by Gasteiger charge is 2.36. The van der Waals surface area contributed by atoms with E-state index in [0.717, 1.165) is 36.5 Å². The van der Waals surface area contributed by atoms with Crippen molar-refractivity contribution in [3.8, 4) is 0 Å². The Morgan fingerprint density at radius 3 is 2.59 bits per heavy atom. The highest BCUT2D eigenvalue weighted by molar-refractivity contribution is 8.01. The first-order valence-corrected chi connectivity index (χ1v) is 15.7. The number of thioether (sulfide) groups is 1. The first-order chi connectivity index (χ1) is 18.1. The number of piperidine rings is 1. The van der Waals surface area contributed by atoms with Crippen LogP contribution in [0.3, 0.4) is 0 Å². The summed E-state index contributed by atoms with van der Waals surface area (Å²) in [6.07, 6.45) is 14.7. The normalized spacial score (nSPS) is 21.0. The van der Waals surface area contributed by atoms with Crippen molar-refractivity contribution in [3.63, 3.8) is 0 Å². The molecule has 1 saturated heterocycles. The standard InChI is InChI=1S/C31H43N3OS2/c1-24(2)31(17-14-26(23-34-31)30(35)29-13-9-21-36-29)37-28(22-25-10-5-3-6-11-25)12-7-4-8-18-33-27-15-19-32-20-16-27/h3,5-6,9-11,13-14,17,21,23-24,27-28,32-34H,4,7-8,12,15-16,18-20,22H2,1-2H3. The van der Waals surface area contributed by atoms with Crippen molar-refractivity contribution < 1.29 is 4.79 Å². The lowest BCUT2D eigenvalue weighted by Gasteiger charge is -2.40. The van der Waals surface area contributed by atoms with Crippen LogP contribution >= 0.6 is 23.1 Å². The van der Waals surface area contributed by atoms with Crippen LogP contribution < -0.4 is 16.0 Å². The molecule has 1 fully saturated rings. The van der Waals surface area contributed by atoms with Gasteiger partial charge in [0.05, 0.1) is 4.88 Å². The van der Waals surface area contributed by atoms with Crippen LogP contribution in [0.5, 0.6) is 0 Å². The molecular weight excluding hydrogens is 494 g/mol. The van der Waals surface area contributed by atoms with Gasteiger partial charge in [0.1, 0.15) is 4.87 Å². The fourth-order valence-electron chi connectivity index (χ4n) is 5.12. The summed E-state index contributed by atoms with van der Waals surface area (Å²) in [7, 11) is 0. The number of thiophene rings is 1. The predicted molar refractivity (Wildman–Crippen MR) is 160 cm³/mol. The van der Waals surface area contributed by atoms with Crippen molar-refractivity contribution in [2.45, 2.75) is 75.0 Å². The molecule has 3 N–H and O–H groups in total. The van der Waals surface area contributed by atoms with Gasteiger partial charge in [-0.1, -0.05) is 69.2 Å². The monoisotopic (exact) mass is 537 g/mol. The molecule has 2 aromatic rings. The number of ketones is 1. The zero-order chi connectivity index (χ0) is 25.9. The fourth-order valence-corrected chi connectivity index (χ4v) is 7.46. The van der Waals surface area contributed by atoms with E-state index in [0.29, 0.717) is 17.2 Å². The number of hydrogen-bond donors (Lipinski definition) is 3. The van der Waals surface area contributed by atoms with Crippen LogP contribution in [-0.4, -0.2) is 41.6 Å². The number of allylic oxidation sites excluding steroid dienone is 2. The van der Waals surface area contributed by atoms with Crippen LogP contribution in [0.2, 0.25) is 0 Å². The van der Waals surface area contributed by atoms with E-state index < -0.39 is 0 Å². The number of carbonyl (C=O) groups is 1. The molecule has 0 amide bonds. The maximum Gasteiger partial charge on any atom is 0.204 e. The van der Waals surface area contributed by atoms with Crippen LogP contribution in [-0.2, 0) is 6.42 Å². The zero-order valence-corrected chi connectivity index (χ0v) is 24.0. The van der Waals surface area contributed by atoms with Gasteiger partial charge in [-0.3, -0.25) is 4.79 Å². The molecule has 1 aromatic heterocycles. The molecule has 200 valence electrons. The van der Waals surface area contributed by atoms with Gasteiger partial charge in [0.15, 0.2) is 0 Å². The maximum absolute atomic E-state index is 12.9. The summed E-state index contributed by atoms with van der Waals surface area (Å²) < 4.78 is 0. The largest absolute Gasteiger partial charge is 0.373 e. The van der Waals surface area contributed by atoms with E-state index in [1.54, 1.807) is 0 Å². The van der Waals surface area contributed by atoms with E-state index in [2.05, 4.69) is 66.2 Å². The van der Waals surface area contributed by atoms with E-state index >= 15 is 0 Å². The molecule has 6 heteroatoms. The van der Waals surface area contributed by atoms with Gasteiger partial charge >= 0.3 is 0 Å². The Hall–Kier alpha value is -1.86. The second-order valence-corrected chi connectivity index (χ2v) is 13.1. The molecule has 3 heterocycles. The Morgan fingerprint density at radius 1 is 1.11 bits per heavy atom. The minimum Gasteiger partial charge on any atom is -0.373 e. The number of Topliss-reactive ketones (excluding diaryl/α,β-unsaturated/α-hetero) is 1. The van der Waals surface area contributed by atoms with Gasteiger partial charge in [-0.15, -0.1) is 23.1 Å². The number of nitrogens with one attached hydrogen (secondary N) is 3. The molecule has 0 bridgehead atoms. The first-order valence-electron chi connectivity index (χ1n) is 14.0. The lowest BCUT2D eigenvalue weighted by molar-refractivity contribution is 0.104. The van der Waals surface area contributed by atoms with E-state index in [1.165, 1.54) is 55.4 Å². The van der Waals surface area contributed by atoms with Crippen molar-refractivity contribution in [2.24, 2.45) is 5.92 Å². The average molecular weight is 538 g/mol. The zero-order valence-electron chi connectivity index (χ0n) is 22.4. The summed E-state index contributed by atoms with van der Waals surface area (Å²) in [6.45, 7) is 7.98. The van der Waals surface area contributed by atoms with E-state index in [9.17, 15) is 4.79 Å². The first kappa shape index (κ1) is 28.2. The predicted octanol–water partition coefficient (Wildman–Crippen LogP) is 6.57. The Balaban J connectivity index is 1.34. The summed E-state index contributed by atoms with van der Waals surface area (Å²) in [6, 6.07) is 15.4. The minimum atomic E-state index is -0.213. The lowest BCUT2D eigenvalue weighted by atomic mass is 9.98. The van der Waals surface area contributed by atoms with Gasteiger partial charge in [-0.25, -0.2) is 0 Å². The summed E-state index contributed by atoms with van der Waals surface area (Å²) in [4.78, 5) is 13.4. The van der Waals surface area contributed by atoms with E-state index in [1.807, 2.05) is 41.6 Å². The van der Waals surface area contributed by atoms with Crippen molar-refractivity contribution in [1.82, 2.24) is 16.0 Å². The summed E-state index contributed by atoms with van der Waals surface area (Å²) in [5, 5.41) is 13.3. The Morgan fingerprint density at radius 2 is 1.92 bits per heavy atom.